The lowest BCUT2D eigenvalue weighted by atomic mass is 10.1. The molecule has 0 heterocycles. The van der Waals surface area contributed by atoms with Crippen molar-refractivity contribution in [3.63, 3.8) is 0 Å². The van der Waals surface area contributed by atoms with Gasteiger partial charge in [-0.25, -0.2) is 0 Å². The van der Waals surface area contributed by atoms with Gasteiger partial charge in [0.15, 0.2) is 0 Å². The van der Waals surface area contributed by atoms with Crippen molar-refractivity contribution in [1.82, 2.24) is 0 Å². The van der Waals surface area contributed by atoms with Crippen molar-refractivity contribution in [2.75, 3.05) is 5.32 Å². The number of benzene rings is 2. The molecule has 0 fully saturated rings. The zero-order valence-electron chi connectivity index (χ0n) is 11.7. The standard InChI is InChI=1S/C16H15Cl2NO2/c1-9-3-5-12(11(7-9)8-14(20)21)19-13-6-4-10(2)15(17)16(13)18/h3-7,19H,8H2,1-2H3,(H,20,21). The fraction of sp³-hybridized carbons (Fsp3) is 0.188. The molecule has 2 aromatic rings. The zero-order valence-corrected chi connectivity index (χ0v) is 13.2. The summed E-state index contributed by atoms with van der Waals surface area (Å²) in [6.45, 7) is 3.80. The molecule has 2 aromatic carbocycles. The molecule has 0 unspecified atom stereocenters. The molecule has 0 aliphatic carbocycles. The fourth-order valence-electron chi connectivity index (χ4n) is 2.04. The predicted octanol–water partition coefficient (Wildman–Crippen LogP) is 4.98. The van der Waals surface area contributed by atoms with Crippen LogP contribution in [0.2, 0.25) is 10.0 Å². The molecule has 2 N–H and O–H groups in total. The van der Waals surface area contributed by atoms with Crippen molar-refractivity contribution in [2.45, 2.75) is 20.3 Å². The summed E-state index contributed by atoms with van der Waals surface area (Å²) in [6.07, 6.45) is -0.0543. The van der Waals surface area contributed by atoms with E-state index in [4.69, 9.17) is 28.3 Å². The van der Waals surface area contributed by atoms with Gasteiger partial charge in [-0.2, -0.15) is 0 Å². The van der Waals surface area contributed by atoms with Crippen LogP contribution in [0.25, 0.3) is 0 Å². The monoisotopic (exact) mass is 323 g/mol. The number of carbonyl (C=O) groups is 1. The van der Waals surface area contributed by atoms with Crippen molar-refractivity contribution in [3.8, 4) is 0 Å². The molecular weight excluding hydrogens is 309 g/mol. The van der Waals surface area contributed by atoms with Crippen LogP contribution in [0.3, 0.4) is 0 Å². The Kier molecular flexibility index (Phi) is 4.76. The van der Waals surface area contributed by atoms with Crippen LogP contribution >= 0.6 is 23.2 Å². The van der Waals surface area contributed by atoms with Gasteiger partial charge in [-0.3, -0.25) is 4.79 Å². The largest absolute Gasteiger partial charge is 0.481 e. The summed E-state index contributed by atoms with van der Waals surface area (Å²) in [7, 11) is 0. The van der Waals surface area contributed by atoms with Gasteiger partial charge in [-0.05, 0) is 37.1 Å². The Morgan fingerprint density at radius 3 is 2.43 bits per heavy atom. The molecule has 110 valence electrons. The number of aryl methyl sites for hydroxylation is 2. The Morgan fingerprint density at radius 2 is 1.76 bits per heavy atom. The summed E-state index contributed by atoms with van der Waals surface area (Å²) in [5, 5.41) is 13.1. The molecule has 3 nitrogen and oxygen atoms in total. The average Bonchev–Trinajstić information content (AvgIpc) is 2.41. The first-order valence-corrected chi connectivity index (χ1v) is 7.17. The number of halogens is 2. The Balaban J connectivity index is 2.40. The molecule has 0 aliphatic heterocycles. The van der Waals surface area contributed by atoms with Gasteiger partial charge in [-0.1, -0.05) is 47.0 Å². The number of nitrogens with one attached hydrogen (secondary N) is 1. The maximum absolute atomic E-state index is 11.0. The normalized spacial score (nSPS) is 10.5. The second kappa shape index (κ2) is 6.37. The van der Waals surface area contributed by atoms with E-state index in [0.29, 0.717) is 27.0 Å². The summed E-state index contributed by atoms with van der Waals surface area (Å²) < 4.78 is 0. The number of carboxylic acid groups (broad SMARTS) is 1. The summed E-state index contributed by atoms with van der Waals surface area (Å²) in [4.78, 5) is 11.0. The summed E-state index contributed by atoms with van der Waals surface area (Å²) in [6, 6.07) is 9.30. The fourth-order valence-corrected chi connectivity index (χ4v) is 2.47. The van der Waals surface area contributed by atoms with E-state index in [1.54, 1.807) is 0 Å². The minimum Gasteiger partial charge on any atom is -0.481 e. The third-order valence-electron chi connectivity index (χ3n) is 3.15. The van der Waals surface area contributed by atoms with Gasteiger partial charge < -0.3 is 10.4 Å². The molecule has 2 rings (SSSR count). The number of hydrogen-bond donors (Lipinski definition) is 2. The van der Waals surface area contributed by atoms with Gasteiger partial charge in [0.25, 0.3) is 0 Å². The number of carboxylic acids is 1. The highest BCUT2D eigenvalue weighted by Crippen LogP contribution is 2.35. The summed E-state index contributed by atoms with van der Waals surface area (Å²) in [5.41, 5.74) is 3.97. The Morgan fingerprint density at radius 1 is 1.10 bits per heavy atom. The number of hydrogen-bond acceptors (Lipinski definition) is 2. The van der Waals surface area contributed by atoms with Crippen LogP contribution in [-0.4, -0.2) is 11.1 Å². The second-order valence-corrected chi connectivity index (χ2v) is 5.67. The highest BCUT2D eigenvalue weighted by atomic mass is 35.5. The van der Waals surface area contributed by atoms with Crippen molar-refractivity contribution < 1.29 is 9.90 Å². The molecule has 0 saturated carbocycles. The zero-order chi connectivity index (χ0) is 15.6. The molecule has 0 radical (unpaired) electrons. The molecule has 0 bridgehead atoms. The van der Waals surface area contributed by atoms with E-state index in [1.165, 1.54) is 0 Å². The van der Waals surface area contributed by atoms with Gasteiger partial charge >= 0.3 is 5.97 Å². The smallest absolute Gasteiger partial charge is 0.307 e. The van der Waals surface area contributed by atoms with E-state index in [2.05, 4.69) is 5.32 Å². The Bertz CT molecular complexity index is 699. The van der Waals surface area contributed by atoms with Gasteiger partial charge in [0.2, 0.25) is 0 Å². The first-order valence-electron chi connectivity index (χ1n) is 6.41. The summed E-state index contributed by atoms with van der Waals surface area (Å²) in [5.74, 6) is -0.878. The molecule has 0 amide bonds. The number of rotatable bonds is 4. The number of aliphatic carboxylic acids is 1. The van der Waals surface area contributed by atoms with E-state index < -0.39 is 5.97 Å². The molecular formula is C16H15Cl2NO2. The van der Waals surface area contributed by atoms with Gasteiger partial charge in [0.05, 0.1) is 22.2 Å². The van der Waals surface area contributed by atoms with Crippen LogP contribution in [0.1, 0.15) is 16.7 Å². The maximum atomic E-state index is 11.0. The number of anilines is 2. The first-order chi connectivity index (χ1) is 9.88. The van der Waals surface area contributed by atoms with Gasteiger partial charge in [0.1, 0.15) is 0 Å². The van der Waals surface area contributed by atoms with Crippen molar-refractivity contribution in [1.29, 1.82) is 0 Å². The average molecular weight is 324 g/mol. The minimum atomic E-state index is -0.878. The topological polar surface area (TPSA) is 49.3 Å². The van der Waals surface area contributed by atoms with Crippen LogP contribution in [0, 0.1) is 13.8 Å². The maximum Gasteiger partial charge on any atom is 0.307 e. The van der Waals surface area contributed by atoms with E-state index >= 15 is 0 Å². The van der Waals surface area contributed by atoms with Crippen LogP contribution in [0.5, 0.6) is 0 Å². The molecule has 21 heavy (non-hydrogen) atoms. The Hall–Kier alpha value is -1.71. The quantitative estimate of drug-likeness (QED) is 0.834. The van der Waals surface area contributed by atoms with Crippen LogP contribution in [0.4, 0.5) is 11.4 Å². The van der Waals surface area contributed by atoms with Gasteiger partial charge in [0, 0.05) is 5.69 Å². The van der Waals surface area contributed by atoms with Crippen molar-refractivity contribution in [2.24, 2.45) is 0 Å². The van der Waals surface area contributed by atoms with Crippen molar-refractivity contribution in [3.05, 3.63) is 57.1 Å². The minimum absolute atomic E-state index is 0.0543. The third-order valence-corrected chi connectivity index (χ3v) is 4.12. The lowest BCUT2D eigenvalue weighted by Gasteiger charge is -2.14. The van der Waals surface area contributed by atoms with Crippen LogP contribution in [0.15, 0.2) is 30.3 Å². The molecule has 0 spiro atoms. The van der Waals surface area contributed by atoms with Gasteiger partial charge in [-0.15, -0.1) is 0 Å². The highest BCUT2D eigenvalue weighted by molar-refractivity contribution is 6.44. The Labute approximate surface area is 133 Å². The van der Waals surface area contributed by atoms with Crippen LogP contribution < -0.4 is 5.32 Å². The lowest BCUT2D eigenvalue weighted by Crippen LogP contribution is -2.04. The molecule has 0 aliphatic rings. The van der Waals surface area contributed by atoms with Crippen LogP contribution in [-0.2, 0) is 11.2 Å². The second-order valence-electron chi connectivity index (χ2n) is 4.91. The predicted molar refractivity (Wildman–Crippen MR) is 87.0 cm³/mol. The highest BCUT2D eigenvalue weighted by Gasteiger charge is 2.11. The third kappa shape index (κ3) is 3.69. The van der Waals surface area contributed by atoms with E-state index in [1.807, 2.05) is 44.2 Å². The molecule has 0 saturated heterocycles. The van der Waals surface area contributed by atoms with E-state index in [0.717, 1.165) is 11.1 Å². The van der Waals surface area contributed by atoms with E-state index in [-0.39, 0.29) is 6.42 Å². The van der Waals surface area contributed by atoms with Crippen molar-refractivity contribution >= 4 is 40.5 Å². The molecule has 0 aromatic heterocycles. The molecule has 0 atom stereocenters. The molecule has 5 heteroatoms. The lowest BCUT2D eigenvalue weighted by molar-refractivity contribution is -0.136. The summed E-state index contributed by atoms with van der Waals surface area (Å²) >= 11 is 12.4. The first kappa shape index (κ1) is 15.7. The SMILES string of the molecule is Cc1ccc(Nc2ccc(C)c(Cl)c2Cl)c(CC(=O)O)c1. The van der Waals surface area contributed by atoms with E-state index in [9.17, 15) is 4.79 Å².